The molecule has 0 bridgehead atoms. The van der Waals surface area contributed by atoms with Gasteiger partial charge in [0.15, 0.2) is 0 Å². The van der Waals surface area contributed by atoms with Gasteiger partial charge < -0.3 is 9.67 Å². The SMILES string of the molecule is Cc1ncn(CC2(O)CCCC2)c1C. The van der Waals surface area contributed by atoms with E-state index >= 15 is 0 Å². The fourth-order valence-electron chi connectivity index (χ4n) is 2.21. The van der Waals surface area contributed by atoms with Crippen LogP contribution >= 0.6 is 0 Å². The van der Waals surface area contributed by atoms with E-state index in [0.717, 1.165) is 31.4 Å². The number of nitrogens with zero attached hydrogens (tertiary/aromatic N) is 2. The Labute approximate surface area is 84.8 Å². The number of aryl methyl sites for hydroxylation is 1. The smallest absolute Gasteiger partial charge is 0.0952 e. The fraction of sp³-hybridized carbons (Fsp3) is 0.727. The van der Waals surface area contributed by atoms with Gasteiger partial charge in [-0.15, -0.1) is 0 Å². The molecule has 0 aliphatic heterocycles. The van der Waals surface area contributed by atoms with Gasteiger partial charge >= 0.3 is 0 Å². The van der Waals surface area contributed by atoms with Gasteiger partial charge in [-0.3, -0.25) is 0 Å². The number of aromatic nitrogens is 2. The van der Waals surface area contributed by atoms with E-state index in [-0.39, 0.29) is 0 Å². The zero-order valence-electron chi connectivity index (χ0n) is 8.95. The third-order valence-corrected chi connectivity index (χ3v) is 3.34. The van der Waals surface area contributed by atoms with Crippen molar-refractivity contribution < 1.29 is 5.11 Å². The van der Waals surface area contributed by atoms with Crippen LogP contribution in [-0.4, -0.2) is 20.3 Å². The third-order valence-electron chi connectivity index (χ3n) is 3.34. The van der Waals surface area contributed by atoms with Gasteiger partial charge in [0.1, 0.15) is 0 Å². The molecule has 3 nitrogen and oxygen atoms in total. The summed E-state index contributed by atoms with van der Waals surface area (Å²) in [5.41, 5.74) is 1.76. The van der Waals surface area contributed by atoms with Gasteiger partial charge in [0, 0.05) is 5.69 Å². The van der Waals surface area contributed by atoms with Crippen molar-refractivity contribution in [3.8, 4) is 0 Å². The number of hydrogen-bond acceptors (Lipinski definition) is 2. The minimum absolute atomic E-state index is 0.474. The Balaban J connectivity index is 2.14. The molecular formula is C11H18N2O. The van der Waals surface area contributed by atoms with Crippen LogP contribution in [0.1, 0.15) is 37.1 Å². The lowest BCUT2D eigenvalue weighted by Crippen LogP contribution is -2.30. The first-order chi connectivity index (χ1) is 6.61. The number of rotatable bonds is 2. The molecule has 1 aliphatic rings. The number of hydrogen-bond donors (Lipinski definition) is 1. The van der Waals surface area contributed by atoms with Crippen molar-refractivity contribution in [3.63, 3.8) is 0 Å². The van der Waals surface area contributed by atoms with E-state index < -0.39 is 5.60 Å². The second kappa shape index (κ2) is 3.39. The highest BCUT2D eigenvalue weighted by atomic mass is 16.3. The molecule has 0 radical (unpaired) electrons. The molecular weight excluding hydrogens is 176 g/mol. The quantitative estimate of drug-likeness (QED) is 0.779. The highest BCUT2D eigenvalue weighted by molar-refractivity contribution is 5.09. The zero-order chi connectivity index (χ0) is 10.2. The van der Waals surface area contributed by atoms with Gasteiger partial charge in [-0.25, -0.2) is 4.98 Å². The summed E-state index contributed by atoms with van der Waals surface area (Å²) in [7, 11) is 0. The maximum absolute atomic E-state index is 10.2. The van der Waals surface area contributed by atoms with E-state index in [1.54, 1.807) is 0 Å². The average molecular weight is 194 g/mol. The van der Waals surface area contributed by atoms with Crippen LogP contribution in [0.5, 0.6) is 0 Å². The summed E-state index contributed by atoms with van der Waals surface area (Å²) in [5.74, 6) is 0. The molecule has 1 fully saturated rings. The summed E-state index contributed by atoms with van der Waals surface area (Å²) in [6.07, 6.45) is 6.01. The third kappa shape index (κ3) is 1.69. The molecule has 0 atom stereocenters. The lowest BCUT2D eigenvalue weighted by Gasteiger charge is -2.23. The van der Waals surface area contributed by atoms with Crippen LogP contribution in [0.4, 0.5) is 0 Å². The van der Waals surface area contributed by atoms with Crippen LogP contribution < -0.4 is 0 Å². The molecule has 78 valence electrons. The predicted molar refractivity (Wildman–Crippen MR) is 55.1 cm³/mol. The summed E-state index contributed by atoms with van der Waals surface area (Å²) in [4.78, 5) is 4.24. The summed E-state index contributed by atoms with van der Waals surface area (Å²) >= 11 is 0. The fourth-order valence-corrected chi connectivity index (χ4v) is 2.21. The maximum atomic E-state index is 10.2. The largest absolute Gasteiger partial charge is 0.388 e. The highest BCUT2D eigenvalue weighted by Crippen LogP contribution is 2.31. The van der Waals surface area contributed by atoms with E-state index in [4.69, 9.17) is 0 Å². The summed E-state index contributed by atoms with van der Waals surface area (Å²) in [6, 6.07) is 0. The number of aliphatic hydroxyl groups is 1. The minimum atomic E-state index is -0.474. The van der Waals surface area contributed by atoms with Gasteiger partial charge in [-0.2, -0.15) is 0 Å². The van der Waals surface area contributed by atoms with E-state index in [9.17, 15) is 5.11 Å². The lowest BCUT2D eigenvalue weighted by molar-refractivity contribution is 0.0294. The molecule has 1 aliphatic carbocycles. The molecule has 14 heavy (non-hydrogen) atoms. The maximum Gasteiger partial charge on any atom is 0.0952 e. The van der Waals surface area contributed by atoms with Crippen LogP contribution in [-0.2, 0) is 6.54 Å². The number of imidazole rings is 1. The molecule has 0 saturated heterocycles. The first kappa shape index (κ1) is 9.71. The van der Waals surface area contributed by atoms with E-state index in [0.29, 0.717) is 6.54 Å². The van der Waals surface area contributed by atoms with E-state index in [2.05, 4.69) is 16.5 Å². The van der Waals surface area contributed by atoms with Crippen LogP contribution in [0.3, 0.4) is 0 Å². The average Bonchev–Trinajstić information content (AvgIpc) is 2.68. The molecule has 1 saturated carbocycles. The summed E-state index contributed by atoms with van der Waals surface area (Å²) in [5, 5.41) is 10.2. The van der Waals surface area contributed by atoms with Crippen molar-refractivity contribution in [1.82, 2.24) is 9.55 Å². The molecule has 0 amide bonds. The van der Waals surface area contributed by atoms with Crippen molar-refractivity contribution in [2.24, 2.45) is 0 Å². The van der Waals surface area contributed by atoms with Gasteiger partial charge in [0.25, 0.3) is 0 Å². The van der Waals surface area contributed by atoms with Gasteiger partial charge in [-0.05, 0) is 26.7 Å². The van der Waals surface area contributed by atoms with Crippen molar-refractivity contribution >= 4 is 0 Å². The van der Waals surface area contributed by atoms with E-state index in [1.807, 2.05) is 13.3 Å². The zero-order valence-corrected chi connectivity index (χ0v) is 8.95. The second-order valence-corrected chi connectivity index (χ2v) is 4.47. The second-order valence-electron chi connectivity index (χ2n) is 4.47. The Hall–Kier alpha value is -0.830. The first-order valence-electron chi connectivity index (χ1n) is 5.31. The van der Waals surface area contributed by atoms with Crippen LogP contribution in [0.25, 0.3) is 0 Å². The van der Waals surface area contributed by atoms with Crippen molar-refractivity contribution in [2.45, 2.75) is 51.7 Å². The molecule has 2 rings (SSSR count). The normalized spacial score (nSPS) is 20.2. The van der Waals surface area contributed by atoms with Crippen molar-refractivity contribution in [2.75, 3.05) is 0 Å². The summed E-state index contributed by atoms with van der Waals surface area (Å²) < 4.78 is 2.07. The molecule has 0 unspecified atom stereocenters. The van der Waals surface area contributed by atoms with Crippen molar-refractivity contribution in [3.05, 3.63) is 17.7 Å². The lowest BCUT2D eigenvalue weighted by atomic mass is 10.0. The van der Waals surface area contributed by atoms with Crippen molar-refractivity contribution in [1.29, 1.82) is 0 Å². The Morgan fingerprint density at radius 3 is 2.57 bits per heavy atom. The minimum Gasteiger partial charge on any atom is -0.388 e. The topological polar surface area (TPSA) is 38.0 Å². The molecule has 1 aromatic heterocycles. The Kier molecular flexibility index (Phi) is 2.35. The Morgan fingerprint density at radius 1 is 1.43 bits per heavy atom. The molecule has 0 spiro atoms. The Bertz CT molecular complexity index is 324. The highest BCUT2D eigenvalue weighted by Gasteiger charge is 2.31. The van der Waals surface area contributed by atoms with Crippen LogP contribution in [0, 0.1) is 13.8 Å². The van der Waals surface area contributed by atoms with Gasteiger partial charge in [0.2, 0.25) is 0 Å². The van der Waals surface area contributed by atoms with Gasteiger partial charge in [0.05, 0.1) is 24.2 Å². The van der Waals surface area contributed by atoms with Crippen LogP contribution in [0.2, 0.25) is 0 Å². The molecule has 1 N–H and O–H groups in total. The standard InChI is InChI=1S/C11H18N2O/c1-9-10(2)13(8-12-9)7-11(14)5-3-4-6-11/h8,14H,3-7H2,1-2H3. The van der Waals surface area contributed by atoms with Gasteiger partial charge in [-0.1, -0.05) is 12.8 Å². The van der Waals surface area contributed by atoms with Crippen LogP contribution in [0.15, 0.2) is 6.33 Å². The molecule has 1 aromatic rings. The summed E-state index contributed by atoms with van der Waals surface area (Å²) in [6.45, 7) is 4.77. The molecule has 1 heterocycles. The Morgan fingerprint density at radius 2 is 2.07 bits per heavy atom. The van der Waals surface area contributed by atoms with E-state index in [1.165, 1.54) is 5.69 Å². The molecule has 0 aromatic carbocycles. The first-order valence-corrected chi connectivity index (χ1v) is 5.31. The predicted octanol–water partition coefficient (Wildman–Crippen LogP) is 1.81. The molecule has 3 heteroatoms. The monoisotopic (exact) mass is 194 g/mol.